The zero-order valence-corrected chi connectivity index (χ0v) is 13.5. The number of hydrogen-bond donors (Lipinski definition) is 1. The lowest BCUT2D eigenvalue weighted by Crippen LogP contribution is -2.23. The number of rotatable bonds is 4. The van der Waals surface area contributed by atoms with Crippen molar-refractivity contribution in [1.29, 1.82) is 0 Å². The van der Waals surface area contributed by atoms with Gasteiger partial charge in [-0.05, 0) is 30.9 Å². The summed E-state index contributed by atoms with van der Waals surface area (Å²) in [5.74, 6) is 0.858. The highest BCUT2D eigenvalue weighted by atomic mass is 32.2. The summed E-state index contributed by atoms with van der Waals surface area (Å²) >= 11 is 3.30. The van der Waals surface area contributed by atoms with Crippen molar-refractivity contribution in [1.82, 2.24) is 10.2 Å². The molecule has 1 atom stereocenters. The number of carbonyl (C=O) groups is 1. The number of carbonyl (C=O) groups excluding carboxylic acids is 1. The van der Waals surface area contributed by atoms with Gasteiger partial charge in [-0.2, -0.15) is 0 Å². The number of hydrogen-bond acceptors (Lipinski definition) is 5. The molecule has 2 aromatic rings. The fourth-order valence-electron chi connectivity index (χ4n) is 2.31. The van der Waals surface area contributed by atoms with E-state index in [4.69, 9.17) is 0 Å². The summed E-state index contributed by atoms with van der Waals surface area (Å²) in [6, 6.07) is 8.03. The highest BCUT2D eigenvalue weighted by Crippen LogP contribution is 2.29. The number of benzene rings is 1. The highest BCUT2D eigenvalue weighted by molar-refractivity contribution is 8.00. The van der Waals surface area contributed by atoms with Crippen LogP contribution in [0.2, 0.25) is 0 Å². The molecule has 1 N–H and O–H groups in total. The zero-order chi connectivity index (χ0) is 14.7. The van der Waals surface area contributed by atoms with Crippen LogP contribution in [-0.2, 0) is 23.4 Å². The first-order valence-corrected chi connectivity index (χ1v) is 8.94. The number of anilines is 1. The maximum Gasteiger partial charge on any atom is 0.237 e. The minimum Gasteiger partial charge on any atom is -0.325 e. The molecule has 0 bridgehead atoms. The number of fused-ring (bicyclic) bond motifs is 1. The van der Waals surface area contributed by atoms with Gasteiger partial charge in [0.2, 0.25) is 5.91 Å². The second-order valence-corrected chi connectivity index (χ2v) is 7.27. The maximum absolute atomic E-state index is 12.3. The summed E-state index contributed by atoms with van der Waals surface area (Å²) in [5, 5.41) is 13.4. The number of nitrogens with zero attached hydrogens (tertiary/aromatic N) is 2. The van der Waals surface area contributed by atoms with Crippen LogP contribution in [0.25, 0.3) is 0 Å². The number of para-hydroxylation sites is 1. The Labute approximate surface area is 132 Å². The van der Waals surface area contributed by atoms with E-state index in [1.165, 1.54) is 5.56 Å². The second kappa shape index (κ2) is 6.58. The van der Waals surface area contributed by atoms with E-state index >= 15 is 0 Å². The molecule has 1 aliphatic heterocycles. The predicted molar refractivity (Wildman–Crippen MR) is 87.8 cm³/mol. The third kappa shape index (κ3) is 3.44. The van der Waals surface area contributed by atoms with E-state index in [-0.39, 0.29) is 11.2 Å². The van der Waals surface area contributed by atoms with Gasteiger partial charge in [-0.3, -0.25) is 4.79 Å². The highest BCUT2D eigenvalue weighted by Gasteiger charge is 2.24. The van der Waals surface area contributed by atoms with E-state index in [1.54, 1.807) is 23.1 Å². The monoisotopic (exact) mass is 319 g/mol. The Balaban J connectivity index is 1.63. The first kappa shape index (κ1) is 14.5. The molecule has 4 nitrogen and oxygen atoms in total. The van der Waals surface area contributed by atoms with Crippen LogP contribution in [0.4, 0.5) is 5.69 Å². The van der Waals surface area contributed by atoms with Gasteiger partial charge >= 0.3 is 0 Å². The maximum atomic E-state index is 12.3. The fraction of sp³-hybridized carbons (Fsp3) is 0.400. The third-order valence-corrected chi connectivity index (χ3v) is 6.01. The topological polar surface area (TPSA) is 54.9 Å². The fourth-order valence-corrected chi connectivity index (χ4v) is 4.23. The van der Waals surface area contributed by atoms with Crippen molar-refractivity contribution in [3.8, 4) is 0 Å². The molecule has 0 saturated carbocycles. The molecule has 0 spiro atoms. The Hall–Kier alpha value is -1.40. The quantitative estimate of drug-likeness (QED) is 0.939. The second-order valence-electron chi connectivity index (χ2n) is 4.93. The molecule has 6 heteroatoms. The Morgan fingerprint density at radius 1 is 1.33 bits per heavy atom. The molecular formula is C15H17N3OS2. The molecule has 21 heavy (non-hydrogen) atoms. The normalized spacial score (nSPS) is 18.0. The molecular weight excluding hydrogens is 302 g/mol. The smallest absolute Gasteiger partial charge is 0.237 e. The van der Waals surface area contributed by atoms with Crippen molar-refractivity contribution in [2.24, 2.45) is 0 Å². The first-order chi connectivity index (χ1) is 10.3. The van der Waals surface area contributed by atoms with Gasteiger partial charge in [0.1, 0.15) is 10.0 Å². The van der Waals surface area contributed by atoms with Crippen LogP contribution in [0.5, 0.6) is 0 Å². The van der Waals surface area contributed by atoms with Crippen LogP contribution in [0.3, 0.4) is 0 Å². The van der Waals surface area contributed by atoms with Gasteiger partial charge in [0, 0.05) is 11.4 Å². The van der Waals surface area contributed by atoms with E-state index in [9.17, 15) is 4.79 Å². The SMILES string of the molecule is CCc1nnc(CS[C@@H]2CCc3ccccc3NC2=O)s1. The Kier molecular flexibility index (Phi) is 4.55. The number of aromatic nitrogens is 2. The standard InChI is InChI=1S/C15H17N3OS2/c1-2-13-17-18-14(21-13)9-20-12-8-7-10-5-3-4-6-11(10)16-15(12)19/h3-6,12H,2,7-9H2,1H3,(H,16,19)/t12-/m1/s1. The van der Waals surface area contributed by atoms with E-state index in [0.29, 0.717) is 0 Å². The van der Waals surface area contributed by atoms with Crippen LogP contribution in [0.15, 0.2) is 24.3 Å². The summed E-state index contributed by atoms with van der Waals surface area (Å²) in [6.45, 7) is 2.08. The van der Waals surface area contributed by atoms with E-state index in [0.717, 1.165) is 40.7 Å². The van der Waals surface area contributed by atoms with Crippen molar-refractivity contribution in [2.75, 3.05) is 5.32 Å². The lowest BCUT2D eigenvalue weighted by atomic mass is 10.1. The van der Waals surface area contributed by atoms with E-state index < -0.39 is 0 Å². The number of aryl methyl sites for hydroxylation is 2. The minimum absolute atomic E-state index is 0.0219. The molecule has 1 amide bonds. The third-order valence-electron chi connectivity index (χ3n) is 3.46. The van der Waals surface area contributed by atoms with Gasteiger partial charge in [0.25, 0.3) is 0 Å². The summed E-state index contributed by atoms with van der Waals surface area (Å²) in [5.41, 5.74) is 2.17. The molecule has 1 aromatic heterocycles. The van der Waals surface area contributed by atoms with Crippen molar-refractivity contribution >= 4 is 34.7 Å². The summed E-state index contributed by atoms with van der Waals surface area (Å²) in [6.07, 6.45) is 2.72. The first-order valence-electron chi connectivity index (χ1n) is 7.08. The summed E-state index contributed by atoms with van der Waals surface area (Å²) < 4.78 is 0. The molecule has 2 heterocycles. The van der Waals surface area contributed by atoms with Gasteiger partial charge in [0.05, 0.1) is 5.25 Å². The van der Waals surface area contributed by atoms with Gasteiger partial charge in [-0.15, -0.1) is 33.3 Å². The molecule has 1 aliphatic rings. The van der Waals surface area contributed by atoms with E-state index in [1.807, 2.05) is 18.2 Å². The van der Waals surface area contributed by atoms with Crippen LogP contribution in [-0.4, -0.2) is 21.4 Å². The molecule has 0 saturated heterocycles. The van der Waals surface area contributed by atoms with Gasteiger partial charge in [-0.1, -0.05) is 25.1 Å². The lowest BCUT2D eigenvalue weighted by molar-refractivity contribution is -0.115. The van der Waals surface area contributed by atoms with Crippen LogP contribution in [0.1, 0.15) is 28.9 Å². The average Bonchev–Trinajstić information content (AvgIpc) is 2.90. The van der Waals surface area contributed by atoms with Crippen LogP contribution in [0, 0.1) is 0 Å². The van der Waals surface area contributed by atoms with E-state index in [2.05, 4.69) is 28.5 Å². The van der Waals surface area contributed by atoms with Gasteiger partial charge in [0.15, 0.2) is 0 Å². The zero-order valence-electron chi connectivity index (χ0n) is 11.8. The average molecular weight is 319 g/mol. The predicted octanol–water partition coefficient (Wildman–Crippen LogP) is 3.29. The number of amides is 1. The molecule has 1 aromatic carbocycles. The Morgan fingerprint density at radius 2 is 2.14 bits per heavy atom. The molecule has 0 fully saturated rings. The summed E-state index contributed by atoms with van der Waals surface area (Å²) in [4.78, 5) is 12.3. The largest absolute Gasteiger partial charge is 0.325 e. The molecule has 0 aliphatic carbocycles. The number of nitrogens with one attached hydrogen (secondary N) is 1. The van der Waals surface area contributed by atoms with Crippen molar-refractivity contribution in [3.05, 3.63) is 39.8 Å². The van der Waals surface area contributed by atoms with Gasteiger partial charge < -0.3 is 5.32 Å². The summed E-state index contributed by atoms with van der Waals surface area (Å²) in [7, 11) is 0. The van der Waals surface area contributed by atoms with Gasteiger partial charge in [-0.25, -0.2) is 0 Å². The van der Waals surface area contributed by atoms with Crippen LogP contribution < -0.4 is 5.32 Å². The molecule has 0 unspecified atom stereocenters. The van der Waals surface area contributed by atoms with Crippen LogP contribution >= 0.6 is 23.1 Å². The number of thioether (sulfide) groups is 1. The van der Waals surface area contributed by atoms with Crippen molar-refractivity contribution in [3.63, 3.8) is 0 Å². The molecule has 3 rings (SSSR count). The molecule has 110 valence electrons. The lowest BCUT2D eigenvalue weighted by Gasteiger charge is -2.11. The molecule has 0 radical (unpaired) electrons. The minimum atomic E-state index is -0.0219. The van der Waals surface area contributed by atoms with Crippen molar-refractivity contribution in [2.45, 2.75) is 37.2 Å². The Morgan fingerprint density at radius 3 is 2.95 bits per heavy atom. The Bertz CT molecular complexity index is 641. The van der Waals surface area contributed by atoms with Crippen molar-refractivity contribution < 1.29 is 4.79 Å².